The van der Waals surface area contributed by atoms with Gasteiger partial charge >= 0.3 is 0 Å². The van der Waals surface area contributed by atoms with Gasteiger partial charge in [-0.25, -0.2) is 0 Å². The zero-order valence-corrected chi connectivity index (χ0v) is 13.5. The minimum Gasteiger partial charge on any atom is -0.394 e. The van der Waals surface area contributed by atoms with Gasteiger partial charge in [-0.3, -0.25) is 14.9 Å². The Kier molecular flexibility index (Phi) is 6.13. The predicted octanol–water partition coefficient (Wildman–Crippen LogP) is -0.369. The number of ether oxygens (including phenoxy) is 1. The number of aliphatic hydroxyl groups is 3. The summed E-state index contributed by atoms with van der Waals surface area (Å²) in [6.07, 6.45) is -3.85. The van der Waals surface area contributed by atoms with E-state index in [1.165, 1.54) is 25.1 Å². The number of thioether (sulfide) groups is 1. The average molecular weight is 358 g/mol. The highest BCUT2D eigenvalue weighted by Gasteiger charge is 2.45. The molecule has 1 aliphatic heterocycles. The van der Waals surface area contributed by atoms with Gasteiger partial charge in [-0.2, -0.15) is 0 Å². The molecular weight excluding hydrogens is 340 g/mol. The van der Waals surface area contributed by atoms with Crippen molar-refractivity contribution in [2.75, 3.05) is 6.61 Å². The van der Waals surface area contributed by atoms with Gasteiger partial charge in [0.05, 0.1) is 22.5 Å². The number of amides is 1. The van der Waals surface area contributed by atoms with E-state index in [1.807, 2.05) is 0 Å². The molecule has 1 fully saturated rings. The molecule has 4 N–H and O–H groups in total. The maximum absolute atomic E-state index is 11.4. The van der Waals surface area contributed by atoms with Gasteiger partial charge in [0.1, 0.15) is 23.7 Å². The van der Waals surface area contributed by atoms with E-state index in [4.69, 9.17) is 4.74 Å². The Morgan fingerprint density at radius 3 is 2.62 bits per heavy atom. The highest BCUT2D eigenvalue weighted by atomic mass is 32.2. The van der Waals surface area contributed by atoms with Crippen molar-refractivity contribution in [3.8, 4) is 0 Å². The number of aliphatic hydroxyl groups excluding tert-OH is 3. The quantitative estimate of drug-likeness (QED) is 0.412. The van der Waals surface area contributed by atoms with Crippen LogP contribution in [-0.2, 0) is 9.53 Å². The van der Waals surface area contributed by atoms with Crippen molar-refractivity contribution in [1.82, 2.24) is 5.32 Å². The number of nitrogens with one attached hydrogen (secondary N) is 1. The van der Waals surface area contributed by atoms with E-state index in [0.717, 1.165) is 11.8 Å². The van der Waals surface area contributed by atoms with Crippen molar-refractivity contribution >= 4 is 23.4 Å². The molecule has 24 heavy (non-hydrogen) atoms. The van der Waals surface area contributed by atoms with Crippen LogP contribution in [0.25, 0.3) is 0 Å². The molecule has 0 aliphatic carbocycles. The summed E-state index contributed by atoms with van der Waals surface area (Å²) in [5.74, 6) is -0.453. The van der Waals surface area contributed by atoms with Crippen LogP contribution in [0.5, 0.6) is 0 Å². The van der Waals surface area contributed by atoms with Gasteiger partial charge in [0, 0.05) is 13.0 Å². The molecule has 1 saturated heterocycles. The monoisotopic (exact) mass is 358 g/mol. The van der Waals surface area contributed by atoms with Crippen molar-refractivity contribution in [2.45, 2.75) is 41.6 Å². The second-order valence-electron chi connectivity index (χ2n) is 5.28. The molecule has 10 heteroatoms. The van der Waals surface area contributed by atoms with Crippen LogP contribution < -0.4 is 5.32 Å². The lowest BCUT2D eigenvalue weighted by molar-refractivity contribution is -0.387. The summed E-state index contributed by atoms with van der Waals surface area (Å²) < 4.78 is 5.54. The molecule has 9 nitrogen and oxygen atoms in total. The molecule has 0 spiro atoms. The van der Waals surface area contributed by atoms with Crippen LogP contribution in [0, 0.1) is 10.1 Å². The first kappa shape index (κ1) is 18.6. The Morgan fingerprint density at radius 2 is 2.04 bits per heavy atom. The third kappa shape index (κ3) is 4.02. The fourth-order valence-electron chi connectivity index (χ4n) is 2.40. The number of nitro groups is 1. The standard InChI is InChI=1S/C14H18N2O7S/c1-7(18)15-11-13(20)12(19)9(6-17)23-14(11)24-10-5-3-2-4-8(10)16(21)22/h2-5,9,11-14,17,19-20H,6H2,1H3,(H,15,18)/t9-,11-,12-,13-,14+/m1/s1. The number of nitrogens with zero attached hydrogens (tertiary/aromatic N) is 1. The minimum atomic E-state index is -1.39. The Balaban J connectivity index is 2.30. The zero-order valence-electron chi connectivity index (χ0n) is 12.7. The molecular formula is C14H18N2O7S. The molecule has 0 aromatic heterocycles. The summed E-state index contributed by atoms with van der Waals surface area (Å²) in [6, 6.07) is 4.98. The molecule has 0 radical (unpaired) electrons. The molecule has 5 atom stereocenters. The smallest absolute Gasteiger partial charge is 0.282 e. The van der Waals surface area contributed by atoms with Gasteiger partial charge in [-0.15, -0.1) is 0 Å². The number of nitro benzene ring substituents is 1. The van der Waals surface area contributed by atoms with Crippen LogP contribution in [0.2, 0.25) is 0 Å². The number of para-hydroxylation sites is 1. The van der Waals surface area contributed by atoms with E-state index in [2.05, 4.69) is 5.32 Å². The Morgan fingerprint density at radius 1 is 1.38 bits per heavy atom. The number of benzene rings is 1. The molecule has 0 unspecified atom stereocenters. The highest BCUT2D eigenvalue weighted by molar-refractivity contribution is 8.00. The van der Waals surface area contributed by atoms with E-state index in [0.29, 0.717) is 0 Å². The van der Waals surface area contributed by atoms with Crippen LogP contribution in [0.4, 0.5) is 5.69 Å². The Bertz CT molecular complexity index is 615. The third-order valence-electron chi connectivity index (χ3n) is 3.56. The van der Waals surface area contributed by atoms with E-state index < -0.39 is 47.2 Å². The largest absolute Gasteiger partial charge is 0.394 e. The summed E-state index contributed by atoms with van der Waals surface area (Å²) in [7, 11) is 0. The van der Waals surface area contributed by atoms with Gasteiger partial charge in [0.2, 0.25) is 5.91 Å². The van der Waals surface area contributed by atoms with E-state index in [9.17, 15) is 30.2 Å². The van der Waals surface area contributed by atoms with Crippen molar-refractivity contribution in [1.29, 1.82) is 0 Å². The topological polar surface area (TPSA) is 142 Å². The number of rotatable bonds is 5. The van der Waals surface area contributed by atoms with E-state index >= 15 is 0 Å². The third-order valence-corrected chi connectivity index (χ3v) is 4.79. The van der Waals surface area contributed by atoms with Crippen molar-refractivity contribution < 1.29 is 29.8 Å². The number of hydrogen-bond acceptors (Lipinski definition) is 8. The molecule has 1 aromatic carbocycles. The number of carbonyl (C=O) groups excluding carboxylic acids is 1. The SMILES string of the molecule is CC(=O)N[C@@H]1[C@@H](O)[C@H](O)[C@@H](CO)O[C@H]1Sc1ccccc1[N+](=O)[O-]. The lowest BCUT2D eigenvalue weighted by Crippen LogP contribution is -2.63. The van der Waals surface area contributed by atoms with Crippen LogP contribution in [0.3, 0.4) is 0 Å². The molecule has 132 valence electrons. The Hall–Kier alpha value is -1.72. The lowest BCUT2D eigenvalue weighted by Gasteiger charge is -2.42. The van der Waals surface area contributed by atoms with Crippen molar-refractivity contribution in [2.24, 2.45) is 0 Å². The molecule has 1 heterocycles. The summed E-state index contributed by atoms with van der Waals surface area (Å²) >= 11 is 0.934. The molecule has 1 amide bonds. The Labute approximate surface area is 141 Å². The average Bonchev–Trinajstić information content (AvgIpc) is 2.54. The minimum absolute atomic E-state index is 0.145. The summed E-state index contributed by atoms with van der Waals surface area (Å²) in [5.41, 5.74) is -1.07. The summed E-state index contributed by atoms with van der Waals surface area (Å²) in [4.78, 5) is 22.2. The van der Waals surface area contributed by atoms with Crippen LogP contribution >= 0.6 is 11.8 Å². The maximum Gasteiger partial charge on any atom is 0.282 e. The predicted molar refractivity (Wildman–Crippen MR) is 84.3 cm³/mol. The van der Waals surface area contributed by atoms with Gasteiger partial charge in [0.15, 0.2) is 0 Å². The van der Waals surface area contributed by atoms with Gasteiger partial charge in [-0.05, 0) is 6.07 Å². The molecule has 0 saturated carbocycles. The second-order valence-corrected chi connectivity index (χ2v) is 6.42. The fourth-order valence-corrected chi connectivity index (χ4v) is 3.65. The van der Waals surface area contributed by atoms with E-state index in [-0.39, 0.29) is 10.6 Å². The van der Waals surface area contributed by atoms with E-state index in [1.54, 1.807) is 6.07 Å². The summed E-state index contributed by atoms with van der Waals surface area (Å²) in [5, 5.41) is 43.0. The normalized spacial score (nSPS) is 29.9. The van der Waals surface area contributed by atoms with Crippen LogP contribution in [0.15, 0.2) is 29.2 Å². The molecule has 2 rings (SSSR count). The maximum atomic E-state index is 11.4. The number of hydrogen-bond donors (Lipinski definition) is 4. The van der Waals surface area contributed by atoms with Gasteiger partial charge in [-0.1, -0.05) is 23.9 Å². The fraction of sp³-hybridized carbons (Fsp3) is 0.500. The molecule has 1 aliphatic rings. The first-order valence-corrected chi connectivity index (χ1v) is 8.02. The zero-order chi connectivity index (χ0) is 17.9. The highest BCUT2D eigenvalue weighted by Crippen LogP contribution is 2.37. The van der Waals surface area contributed by atoms with Crippen molar-refractivity contribution in [3.63, 3.8) is 0 Å². The molecule has 1 aromatic rings. The van der Waals surface area contributed by atoms with Crippen LogP contribution in [0.1, 0.15) is 6.92 Å². The second kappa shape index (κ2) is 7.90. The van der Waals surface area contributed by atoms with Gasteiger partial charge in [0.25, 0.3) is 5.69 Å². The first-order valence-electron chi connectivity index (χ1n) is 7.14. The van der Waals surface area contributed by atoms with Crippen LogP contribution in [-0.4, -0.2) is 62.5 Å². The van der Waals surface area contributed by atoms with Gasteiger partial charge < -0.3 is 25.4 Å². The first-order chi connectivity index (χ1) is 11.3. The summed E-state index contributed by atoms with van der Waals surface area (Å²) in [6.45, 7) is 0.697. The van der Waals surface area contributed by atoms with Crippen molar-refractivity contribution in [3.05, 3.63) is 34.4 Å². The lowest BCUT2D eigenvalue weighted by atomic mass is 9.98. The number of carbonyl (C=O) groups is 1. The molecule has 0 bridgehead atoms.